The molecule has 0 aliphatic carbocycles. The van der Waals surface area contributed by atoms with Crippen LogP contribution in [0, 0.1) is 0 Å². The second kappa shape index (κ2) is 8.77. The summed E-state index contributed by atoms with van der Waals surface area (Å²) in [6.45, 7) is 4.46. The van der Waals surface area contributed by atoms with Gasteiger partial charge in [0.2, 0.25) is 5.91 Å². The lowest BCUT2D eigenvalue weighted by Gasteiger charge is -2.10. The third-order valence-corrected chi connectivity index (χ3v) is 3.30. The molecule has 126 valence electrons. The summed E-state index contributed by atoms with van der Waals surface area (Å²) in [5.74, 6) is 1.49. The molecule has 4 nitrogen and oxygen atoms in total. The van der Waals surface area contributed by atoms with Gasteiger partial charge in [0.15, 0.2) is 0 Å². The SMILES string of the molecule is COc1ccc(/C=C/C(=O)NCc2ccc(OC(C)C)cc2)cc1. The Morgan fingerprint density at radius 2 is 1.67 bits per heavy atom. The van der Waals surface area contributed by atoms with Gasteiger partial charge in [-0.15, -0.1) is 0 Å². The quantitative estimate of drug-likeness (QED) is 0.788. The van der Waals surface area contributed by atoms with Gasteiger partial charge in [-0.1, -0.05) is 24.3 Å². The number of carbonyl (C=O) groups is 1. The van der Waals surface area contributed by atoms with Gasteiger partial charge in [-0.2, -0.15) is 0 Å². The van der Waals surface area contributed by atoms with Crippen molar-refractivity contribution in [2.24, 2.45) is 0 Å². The van der Waals surface area contributed by atoms with Gasteiger partial charge >= 0.3 is 0 Å². The lowest BCUT2D eigenvalue weighted by atomic mass is 10.2. The first-order chi connectivity index (χ1) is 11.6. The Bertz CT molecular complexity index is 673. The third kappa shape index (κ3) is 5.80. The lowest BCUT2D eigenvalue weighted by Crippen LogP contribution is -2.20. The van der Waals surface area contributed by atoms with E-state index in [1.807, 2.05) is 62.4 Å². The Hall–Kier alpha value is -2.75. The predicted octanol–water partition coefficient (Wildman–Crippen LogP) is 3.81. The number of benzene rings is 2. The van der Waals surface area contributed by atoms with E-state index in [0.29, 0.717) is 6.54 Å². The van der Waals surface area contributed by atoms with Gasteiger partial charge in [0.1, 0.15) is 11.5 Å². The van der Waals surface area contributed by atoms with Crippen molar-refractivity contribution < 1.29 is 14.3 Å². The molecule has 1 amide bonds. The highest BCUT2D eigenvalue weighted by Crippen LogP contribution is 2.14. The maximum atomic E-state index is 11.9. The van der Waals surface area contributed by atoms with Crippen molar-refractivity contribution in [2.75, 3.05) is 7.11 Å². The molecule has 2 rings (SSSR count). The molecule has 0 unspecified atom stereocenters. The lowest BCUT2D eigenvalue weighted by molar-refractivity contribution is -0.116. The Morgan fingerprint density at radius 1 is 1.04 bits per heavy atom. The Balaban J connectivity index is 1.82. The molecule has 2 aromatic carbocycles. The average molecular weight is 325 g/mol. The number of methoxy groups -OCH3 is 1. The largest absolute Gasteiger partial charge is 0.497 e. The zero-order valence-corrected chi connectivity index (χ0v) is 14.3. The molecule has 0 saturated heterocycles. The number of rotatable bonds is 7. The molecule has 4 heteroatoms. The molecular formula is C20H23NO3. The molecule has 0 saturated carbocycles. The van der Waals surface area contributed by atoms with Crippen LogP contribution in [-0.4, -0.2) is 19.1 Å². The molecule has 0 aromatic heterocycles. The molecule has 0 atom stereocenters. The van der Waals surface area contributed by atoms with Crippen LogP contribution < -0.4 is 14.8 Å². The van der Waals surface area contributed by atoms with Crippen LogP contribution in [0.15, 0.2) is 54.6 Å². The van der Waals surface area contributed by atoms with Crippen LogP contribution in [-0.2, 0) is 11.3 Å². The number of nitrogens with one attached hydrogen (secondary N) is 1. The van der Waals surface area contributed by atoms with E-state index in [9.17, 15) is 4.79 Å². The standard InChI is InChI=1S/C20H23NO3/c1-15(2)24-19-11-6-17(7-12-19)14-21-20(22)13-8-16-4-9-18(23-3)10-5-16/h4-13,15H,14H2,1-3H3,(H,21,22)/b13-8+. The van der Waals surface area contributed by atoms with Crippen LogP contribution in [0.25, 0.3) is 6.08 Å². The van der Waals surface area contributed by atoms with Crippen molar-refractivity contribution in [2.45, 2.75) is 26.5 Å². The van der Waals surface area contributed by atoms with Crippen molar-refractivity contribution >= 4 is 12.0 Å². The zero-order valence-electron chi connectivity index (χ0n) is 14.3. The first-order valence-electron chi connectivity index (χ1n) is 7.92. The maximum absolute atomic E-state index is 11.9. The summed E-state index contributed by atoms with van der Waals surface area (Å²) in [4.78, 5) is 11.9. The summed E-state index contributed by atoms with van der Waals surface area (Å²) in [6.07, 6.45) is 3.45. The Morgan fingerprint density at radius 3 is 2.25 bits per heavy atom. The van der Waals surface area contributed by atoms with Gasteiger partial charge in [-0.3, -0.25) is 4.79 Å². The van der Waals surface area contributed by atoms with Crippen molar-refractivity contribution in [1.29, 1.82) is 0 Å². The number of hydrogen-bond acceptors (Lipinski definition) is 3. The minimum absolute atomic E-state index is 0.131. The first-order valence-corrected chi connectivity index (χ1v) is 7.92. The Labute approximate surface area is 143 Å². The van der Waals surface area contributed by atoms with Crippen molar-refractivity contribution in [3.05, 3.63) is 65.7 Å². The summed E-state index contributed by atoms with van der Waals surface area (Å²) in [6, 6.07) is 15.2. The molecule has 0 bridgehead atoms. The number of hydrogen-bond donors (Lipinski definition) is 1. The fraction of sp³-hybridized carbons (Fsp3) is 0.250. The minimum Gasteiger partial charge on any atom is -0.497 e. The first kappa shape index (κ1) is 17.6. The topological polar surface area (TPSA) is 47.6 Å². The van der Waals surface area contributed by atoms with Gasteiger partial charge in [-0.25, -0.2) is 0 Å². The molecule has 1 N–H and O–H groups in total. The van der Waals surface area contributed by atoms with E-state index in [4.69, 9.17) is 9.47 Å². The van der Waals surface area contributed by atoms with E-state index < -0.39 is 0 Å². The van der Waals surface area contributed by atoms with Crippen molar-refractivity contribution in [3.63, 3.8) is 0 Å². The van der Waals surface area contributed by atoms with Gasteiger partial charge in [0.05, 0.1) is 13.2 Å². The molecule has 0 aliphatic heterocycles. The molecular weight excluding hydrogens is 302 g/mol. The molecule has 24 heavy (non-hydrogen) atoms. The Kier molecular flexibility index (Phi) is 6.43. The fourth-order valence-corrected chi connectivity index (χ4v) is 2.09. The second-order valence-corrected chi connectivity index (χ2v) is 5.63. The molecule has 0 fully saturated rings. The normalized spacial score (nSPS) is 10.8. The minimum atomic E-state index is -0.131. The van der Waals surface area contributed by atoms with Crippen LogP contribution in [0.2, 0.25) is 0 Å². The number of carbonyl (C=O) groups excluding carboxylic acids is 1. The highest BCUT2D eigenvalue weighted by molar-refractivity contribution is 5.91. The van der Waals surface area contributed by atoms with Crippen LogP contribution in [0.3, 0.4) is 0 Å². The van der Waals surface area contributed by atoms with Gasteiger partial charge < -0.3 is 14.8 Å². The van der Waals surface area contributed by atoms with Crippen LogP contribution >= 0.6 is 0 Å². The average Bonchev–Trinajstić information content (AvgIpc) is 2.59. The fourth-order valence-electron chi connectivity index (χ4n) is 2.09. The third-order valence-electron chi connectivity index (χ3n) is 3.30. The molecule has 2 aromatic rings. The predicted molar refractivity (Wildman–Crippen MR) is 96.1 cm³/mol. The van der Waals surface area contributed by atoms with E-state index in [0.717, 1.165) is 22.6 Å². The summed E-state index contributed by atoms with van der Waals surface area (Å²) >= 11 is 0. The van der Waals surface area contributed by atoms with E-state index in [1.165, 1.54) is 6.08 Å². The monoisotopic (exact) mass is 325 g/mol. The molecule has 0 heterocycles. The highest BCUT2D eigenvalue weighted by atomic mass is 16.5. The maximum Gasteiger partial charge on any atom is 0.244 e. The van der Waals surface area contributed by atoms with Gasteiger partial charge in [0, 0.05) is 12.6 Å². The summed E-state index contributed by atoms with van der Waals surface area (Å²) < 4.78 is 10.7. The number of amides is 1. The smallest absolute Gasteiger partial charge is 0.244 e. The summed E-state index contributed by atoms with van der Waals surface area (Å²) in [5, 5.41) is 2.86. The summed E-state index contributed by atoms with van der Waals surface area (Å²) in [5.41, 5.74) is 1.97. The molecule has 0 aliphatic rings. The molecule has 0 radical (unpaired) electrons. The van der Waals surface area contributed by atoms with E-state index in [1.54, 1.807) is 13.2 Å². The van der Waals surface area contributed by atoms with Crippen molar-refractivity contribution in [1.82, 2.24) is 5.32 Å². The van der Waals surface area contributed by atoms with E-state index in [-0.39, 0.29) is 12.0 Å². The van der Waals surface area contributed by atoms with Gasteiger partial charge in [0.25, 0.3) is 0 Å². The van der Waals surface area contributed by atoms with E-state index in [2.05, 4.69) is 5.32 Å². The van der Waals surface area contributed by atoms with Gasteiger partial charge in [-0.05, 0) is 55.3 Å². The van der Waals surface area contributed by atoms with Crippen LogP contribution in [0.1, 0.15) is 25.0 Å². The highest BCUT2D eigenvalue weighted by Gasteiger charge is 2.00. The van der Waals surface area contributed by atoms with Crippen LogP contribution in [0.5, 0.6) is 11.5 Å². The van der Waals surface area contributed by atoms with Crippen molar-refractivity contribution in [3.8, 4) is 11.5 Å². The molecule has 0 spiro atoms. The second-order valence-electron chi connectivity index (χ2n) is 5.63. The zero-order chi connectivity index (χ0) is 17.4. The summed E-state index contributed by atoms with van der Waals surface area (Å²) in [7, 11) is 1.62. The van der Waals surface area contributed by atoms with E-state index >= 15 is 0 Å². The van der Waals surface area contributed by atoms with Crippen LogP contribution in [0.4, 0.5) is 0 Å². The number of ether oxygens (including phenoxy) is 2.